The van der Waals surface area contributed by atoms with E-state index in [0.29, 0.717) is 12.6 Å². The lowest BCUT2D eigenvalue weighted by Crippen LogP contribution is -2.37. The van der Waals surface area contributed by atoms with E-state index < -0.39 is 0 Å². The van der Waals surface area contributed by atoms with Crippen LogP contribution in [-0.2, 0) is 0 Å². The van der Waals surface area contributed by atoms with Crippen molar-refractivity contribution in [2.24, 2.45) is 5.92 Å². The molecule has 0 saturated heterocycles. The summed E-state index contributed by atoms with van der Waals surface area (Å²) in [6, 6.07) is 8.09. The molecule has 18 heavy (non-hydrogen) atoms. The van der Waals surface area contributed by atoms with Gasteiger partial charge >= 0.3 is 0 Å². The molecular weight excluding hydrogens is 290 g/mol. The van der Waals surface area contributed by atoms with E-state index in [4.69, 9.17) is 0 Å². The van der Waals surface area contributed by atoms with E-state index in [1.165, 1.54) is 12.8 Å². The highest BCUT2D eigenvalue weighted by atomic mass is 79.9. The van der Waals surface area contributed by atoms with Crippen LogP contribution in [0.3, 0.4) is 0 Å². The molecule has 0 atom stereocenters. The van der Waals surface area contributed by atoms with Crippen molar-refractivity contribution < 1.29 is 4.79 Å². The normalized spacial score (nSPS) is 15.4. The Bertz CT molecular complexity index is 426. The number of rotatable bonds is 6. The van der Waals surface area contributed by atoms with Gasteiger partial charge in [0.2, 0.25) is 0 Å². The quantitative estimate of drug-likeness (QED) is 0.746. The van der Waals surface area contributed by atoms with Crippen LogP contribution in [-0.4, -0.2) is 29.8 Å². The molecule has 2 rings (SSSR count). The molecule has 0 N–H and O–H groups in total. The van der Waals surface area contributed by atoms with E-state index in [1.54, 1.807) is 0 Å². The zero-order chi connectivity index (χ0) is 13.1. The number of ketones is 1. The Morgan fingerprint density at radius 2 is 2.06 bits per heavy atom. The minimum Gasteiger partial charge on any atom is -0.293 e. The first-order chi connectivity index (χ1) is 8.58. The van der Waals surface area contributed by atoms with E-state index >= 15 is 0 Å². The zero-order valence-electron chi connectivity index (χ0n) is 11.0. The van der Waals surface area contributed by atoms with Crippen molar-refractivity contribution in [3.63, 3.8) is 0 Å². The summed E-state index contributed by atoms with van der Waals surface area (Å²) in [6.45, 7) is 5.91. The number of carbonyl (C=O) groups is 1. The minimum atomic E-state index is 0.205. The Kier molecular flexibility index (Phi) is 4.57. The highest BCUT2D eigenvalue weighted by Crippen LogP contribution is 2.30. The van der Waals surface area contributed by atoms with Crippen LogP contribution in [0.5, 0.6) is 0 Å². The Hall–Kier alpha value is -0.670. The third-order valence-corrected chi connectivity index (χ3v) is 4.13. The fourth-order valence-corrected chi connectivity index (χ4v) is 2.55. The summed E-state index contributed by atoms with van der Waals surface area (Å²) >= 11 is 3.45. The molecule has 0 aromatic heterocycles. The van der Waals surface area contributed by atoms with Crippen molar-refractivity contribution in [2.75, 3.05) is 13.1 Å². The van der Waals surface area contributed by atoms with Crippen molar-refractivity contribution in [1.29, 1.82) is 0 Å². The standard InChI is InChI=1S/C15H20BrNO/c1-11(2)17(9-12-7-8-12)10-15(18)13-5-3-4-6-14(13)16/h3-6,11-12H,7-10H2,1-2H3. The predicted octanol–water partition coefficient (Wildman–Crippen LogP) is 3.75. The van der Waals surface area contributed by atoms with E-state index in [0.717, 1.165) is 22.5 Å². The first kappa shape index (κ1) is 13.8. The van der Waals surface area contributed by atoms with Gasteiger partial charge in [-0.1, -0.05) is 34.1 Å². The molecule has 0 unspecified atom stereocenters. The van der Waals surface area contributed by atoms with E-state index in [2.05, 4.69) is 34.7 Å². The van der Waals surface area contributed by atoms with Crippen molar-refractivity contribution in [3.05, 3.63) is 34.3 Å². The zero-order valence-corrected chi connectivity index (χ0v) is 12.6. The molecule has 0 spiro atoms. The Balaban J connectivity index is 2.02. The molecule has 2 nitrogen and oxygen atoms in total. The molecule has 1 aromatic rings. The van der Waals surface area contributed by atoms with Crippen LogP contribution in [0, 0.1) is 5.92 Å². The number of carbonyl (C=O) groups excluding carboxylic acids is 1. The molecular formula is C15H20BrNO. The summed E-state index contributed by atoms with van der Waals surface area (Å²) in [5.74, 6) is 1.02. The number of Topliss-reactive ketones (excluding diaryl/α,β-unsaturated/α-hetero) is 1. The monoisotopic (exact) mass is 309 g/mol. The third-order valence-electron chi connectivity index (χ3n) is 3.44. The fraction of sp³-hybridized carbons (Fsp3) is 0.533. The van der Waals surface area contributed by atoms with Crippen LogP contribution < -0.4 is 0 Å². The van der Waals surface area contributed by atoms with Crippen LogP contribution in [0.1, 0.15) is 37.0 Å². The average Bonchev–Trinajstić information content (AvgIpc) is 3.12. The fourth-order valence-electron chi connectivity index (χ4n) is 2.05. The molecule has 98 valence electrons. The number of hydrogen-bond acceptors (Lipinski definition) is 2. The second-order valence-corrected chi connectivity index (χ2v) is 6.22. The summed E-state index contributed by atoms with van der Waals surface area (Å²) < 4.78 is 0.894. The molecule has 0 radical (unpaired) electrons. The third kappa shape index (κ3) is 3.66. The van der Waals surface area contributed by atoms with Gasteiger partial charge in [0.05, 0.1) is 6.54 Å². The van der Waals surface area contributed by atoms with Gasteiger partial charge < -0.3 is 0 Å². The van der Waals surface area contributed by atoms with Gasteiger partial charge in [-0.3, -0.25) is 9.69 Å². The van der Waals surface area contributed by atoms with Gasteiger partial charge in [-0.25, -0.2) is 0 Å². The number of halogens is 1. The summed E-state index contributed by atoms with van der Waals surface area (Å²) in [5, 5.41) is 0. The van der Waals surface area contributed by atoms with Gasteiger partial charge in [0.1, 0.15) is 0 Å². The topological polar surface area (TPSA) is 20.3 Å². The molecule has 1 fully saturated rings. The van der Waals surface area contributed by atoms with Crippen molar-refractivity contribution in [2.45, 2.75) is 32.7 Å². The largest absolute Gasteiger partial charge is 0.293 e. The predicted molar refractivity (Wildman–Crippen MR) is 77.9 cm³/mol. The maximum atomic E-state index is 12.3. The number of benzene rings is 1. The highest BCUT2D eigenvalue weighted by molar-refractivity contribution is 9.10. The maximum Gasteiger partial charge on any atom is 0.177 e. The van der Waals surface area contributed by atoms with Gasteiger partial charge in [-0.05, 0) is 38.7 Å². The molecule has 1 saturated carbocycles. The van der Waals surface area contributed by atoms with Gasteiger partial charge in [-0.15, -0.1) is 0 Å². The lowest BCUT2D eigenvalue weighted by Gasteiger charge is -2.25. The lowest BCUT2D eigenvalue weighted by atomic mass is 10.1. The van der Waals surface area contributed by atoms with Crippen LogP contribution in [0.25, 0.3) is 0 Å². The molecule has 0 amide bonds. The number of nitrogens with zero attached hydrogens (tertiary/aromatic N) is 1. The minimum absolute atomic E-state index is 0.205. The summed E-state index contributed by atoms with van der Waals surface area (Å²) in [7, 11) is 0. The number of hydrogen-bond donors (Lipinski definition) is 0. The second-order valence-electron chi connectivity index (χ2n) is 5.37. The van der Waals surface area contributed by atoms with Crippen molar-refractivity contribution in [1.82, 2.24) is 4.90 Å². The molecule has 0 bridgehead atoms. The van der Waals surface area contributed by atoms with Crippen LogP contribution in [0.2, 0.25) is 0 Å². The van der Waals surface area contributed by atoms with Crippen LogP contribution in [0.15, 0.2) is 28.7 Å². The van der Waals surface area contributed by atoms with Crippen LogP contribution in [0.4, 0.5) is 0 Å². The maximum absolute atomic E-state index is 12.3. The molecule has 0 aliphatic heterocycles. The summed E-state index contributed by atoms with van der Waals surface area (Å²) in [6.07, 6.45) is 2.65. The van der Waals surface area contributed by atoms with E-state index in [1.807, 2.05) is 24.3 Å². The van der Waals surface area contributed by atoms with Gasteiger partial charge in [0.15, 0.2) is 5.78 Å². The van der Waals surface area contributed by atoms with E-state index in [9.17, 15) is 4.79 Å². The van der Waals surface area contributed by atoms with E-state index in [-0.39, 0.29) is 5.78 Å². The Labute approximate surface area is 117 Å². The molecule has 0 heterocycles. The first-order valence-corrected chi connectivity index (χ1v) is 7.39. The lowest BCUT2D eigenvalue weighted by molar-refractivity contribution is 0.0900. The SMILES string of the molecule is CC(C)N(CC(=O)c1ccccc1Br)CC1CC1. The molecule has 1 aromatic carbocycles. The van der Waals surface area contributed by atoms with Gasteiger partial charge in [0, 0.05) is 22.6 Å². The summed E-state index contributed by atoms with van der Waals surface area (Å²) in [4.78, 5) is 14.6. The highest BCUT2D eigenvalue weighted by Gasteiger charge is 2.26. The van der Waals surface area contributed by atoms with Gasteiger partial charge in [0.25, 0.3) is 0 Å². The summed E-state index contributed by atoms with van der Waals surface area (Å²) in [5.41, 5.74) is 0.791. The molecule has 1 aliphatic rings. The average molecular weight is 310 g/mol. The molecule has 1 aliphatic carbocycles. The smallest absolute Gasteiger partial charge is 0.177 e. The molecule has 3 heteroatoms. The van der Waals surface area contributed by atoms with Crippen molar-refractivity contribution >= 4 is 21.7 Å². The Morgan fingerprint density at radius 3 is 2.61 bits per heavy atom. The second kappa shape index (κ2) is 5.98. The van der Waals surface area contributed by atoms with Crippen molar-refractivity contribution in [3.8, 4) is 0 Å². The Morgan fingerprint density at radius 1 is 1.39 bits per heavy atom. The van der Waals surface area contributed by atoms with Crippen LogP contribution >= 0.6 is 15.9 Å². The first-order valence-electron chi connectivity index (χ1n) is 6.59. The van der Waals surface area contributed by atoms with Gasteiger partial charge in [-0.2, -0.15) is 0 Å².